The van der Waals surface area contributed by atoms with Crippen molar-refractivity contribution < 1.29 is 27.4 Å². The highest BCUT2D eigenvalue weighted by Crippen LogP contribution is 2.39. The smallest absolute Gasteiger partial charge is 0.254 e. The van der Waals surface area contributed by atoms with Crippen LogP contribution in [0.25, 0.3) is 11.1 Å². The average Bonchev–Trinajstić information content (AvgIpc) is 3.14. The fourth-order valence-electron chi connectivity index (χ4n) is 3.18. The van der Waals surface area contributed by atoms with Gasteiger partial charge in [-0.2, -0.15) is 0 Å². The molecule has 0 bridgehead atoms. The number of rotatable bonds is 3. The van der Waals surface area contributed by atoms with Gasteiger partial charge in [0.2, 0.25) is 6.79 Å². The van der Waals surface area contributed by atoms with E-state index in [1.165, 1.54) is 12.1 Å². The Bertz CT molecular complexity index is 978. The quantitative estimate of drug-likeness (QED) is 0.798. The molecule has 2 aliphatic rings. The van der Waals surface area contributed by atoms with E-state index < -0.39 is 9.84 Å². The van der Waals surface area contributed by atoms with Gasteiger partial charge in [0.25, 0.3) is 5.91 Å². The highest BCUT2D eigenvalue weighted by molar-refractivity contribution is 7.90. The van der Waals surface area contributed by atoms with Crippen LogP contribution in [0, 0.1) is 0 Å². The van der Waals surface area contributed by atoms with Crippen LogP contribution < -0.4 is 9.47 Å². The second-order valence-corrected chi connectivity index (χ2v) is 8.47. The van der Waals surface area contributed by atoms with Crippen molar-refractivity contribution in [2.45, 2.75) is 4.90 Å². The van der Waals surface area contributed by atoms with Crippen molar-refractivity contribution in [1.29, 1.82) is 0 Å². The second-order valence-electron chi connectivity index (χ2n) is 6.45. The zero-order chi connectivity index (χ0) is 19.0. The first kappa shape index (κ1) is 17.8. The minimum Gasteiger partial charge on any atom is -0.454 e. The summed E-state index contributed by atoms with van der Waals surface area (Å²) in [5.41, 5.74) is 1.90. The number of hydrogen-bond acceptors (Lipinski definition) is 6. The van der Waals surface area contributed by atoms with Gasteiger partial charge in [0.15, 0.2) is 21.3 Å². The standard InChI is InChI=1S/C19H19NO6S/c1-27(22,23)14-4-2-13(3-5-14)15-10-17-18(26-12-25-17)11-16(15)19(21)20-6-8-24-9-7-20/h2-5,10-11H,6-9,12H2,1H3. The van der Waals surface area contributed by atoms with E-state index in [0.717, 1.165) is 11.8 Å². The molecule has 0 atom stereocenters. The first-order valence-corrected chi connectivity index (χ1v) is 10.4. The number of morpholine rings is 1. The normalized spacial score (nSPS) is 16.4. The van der Waals surface area contributed by atoms with Gasteiger partial charge >= 0.3 is 0 Å². The lowest BCUT2D eigenvalue weighted by atomic mass is 9.97. The molecule has 0 aromatic heterocycles. The molecule has 0 N–H and O–H groups in total. The second kappa shape index (κ2) is 6.86. The summed E-state index contributed by atoms with van der Waals surface area (Å²) in [5.74, 6) is 0.984. The van der Waals surface area contributed by atoms with Crippen molar-refractivity contribution in [3.05, 3.63) is 42.0 Å². The average molecular weight is 389 g/mol. The molecule has 8 heteroatoms. The van der Waals surface area contributed by atoms with Crippen molar-refractivity contribution in [2.75, 3.05) is 39.4 Å². The van der Waals surface area contributed by atoms with Gasteiger partial charge in [-0.15, -0.1) is 0 Å². The Morgan fingerprint density at radius 2 is 1.63 bits per heavy atom. The van der Waals surface area contributed by atoms with E-state index in [0.29, 0.717) is 48.9 Å². The molecule has 0 radical (unpaired) electrons. The van der Waals surface area contributed by atoms with Gasteiger partial charge in [-0.25, -0.2) is 8.42 Å². The van der Waals surface area contributed by atoms with Crippen LogP contribution in [0.1, 0.15) is 10.4 Å². The largest absolute Gasteiger partial charge is 0.454 e. The number of carbonyl (C=O) groups excluding carboxylic acids is 1. The number of hydrogen-bond donors (Lipinski definition) is 0. The first-order chi connectivity index (χ1) is 12.9. The van der Waals surface area contributed by atoms with Crippen LogP contribution in [0.4, 0.5) is 0 Å². The van der Waals surface area contributed by atoms with Crippen molar-refractivity contribution in [1.82, 2.24) is 4.90 Å². The highest BCUT2D eigenvalue weighted by Gasteiger charge is 2.26. The number of sulfone groups is 1. The number of amides is 1. The molecule has 2 heterocycles. The van der Waals surface area contributed by atoms with Crippen LogP contribution >= 0.6 is 0 Å². The third-order valence-electron chi connectivity index (χ3n) is 4.63. The van der Waals surface area contributed by atoms with Gasteiger partial charge in [-0.1, -0.05) is 12.1 Å². The molecule has 0 unspecified atom stereocenters. The molecule has 2 aromatic rings. The Morgan fingerprint density at radius 1 is 1.00 bits per heavy atom. The summed E-state index contributed by atoms with van der Waals surface area (Å²) in [7, 11) is -3.29. The van der Waals surface area contributed by atoms with Gasteiger partial charge in [0.1, 0.15) is 0 Å². The molecule has 0 saturated carbocycles. The van der Waals surface area contributed by atoms with Crippen LogP contribution in [-0.2, 0) is 14.6 Å². The van der Waals surface area contributed by atoms with E-state index in [-0.39, 0.29) is 17.6 Å². The van der Waals surface area contributed by atoms with Crippen LogP contribution in [0.5, 0.6) is 11.5 Å². The molecular formula is C19H19NO6S. The van der Waals surface area contributed by atoms with Crippen molar-refractivity contribution in [2.24, 2.45) is 0 Å². The summed E-state index contributed by atoms with van der Waals surface area (Å²) in [6.07, 6.45) is 1.16. The molecule has 142 valence electrons. The molecule has 1 saturated heterocycles. The van der Waals surface area contributed by atoms with E-state index in [1.54, 1.807) is 29.2 Å². The maximum Gasteiger partial charge on any atom is 0.254 e. The minimum absolute atomic E-state index is 0.108. The van der Waals surface area contributed by atoms with Gasteiger partial charge < -0.3 is 19.1 Å². The number of carbonyl (C=O) groups is 1. The van der Waals surface area contributed by atoms with E-state index in [1.807, 2.05) is 0 Å². The molecule has 1 fully saturated rings. The van der Waals surface area contributed by atoms with E-state index in [9.17, 15) is 13.2 Å². The lowest BCUT2D eigenvalue weighted by Crippen LogP contribution is -2.40. The molecular weight excluding hydrogens is 370 g/mol. The summed E-state index contributed by atoms with van der Waals surface area (Å²) < 4.78 is 39.6. The minimum atomic E-state index is -3.29. The summed E-state index contributed by atoms with van der Waals surface area (Å²) in [6.45, 7) is 2.18. The van der Waals surface area contributed by atoms with Crippen LogP contribution in [-0.4, -0.2) is 58.6 Å². The topological polar surface area (TPSA) is 82.1 Å². The monoisotopic (exact) mass is 389 g/mol. The lowest BCUT2D eigenvalue weighted by Gasteiger charge is -2.27. The third-order valence-corrected chi connectivity index (χ3v) is 5.76. The predicted molar refractivity (Wildman–Crippen MR) is 97.8 cm³/mol. The highest BCUT2D eigenvalue weighted by atomic mass is 32.2. The summed E-state index contributed by atoms with van der Waals surface area (Å²) >= 11 is 0. The fraction of sp³-hybridized carbons (Fsp3) is 0.316. The van der Waals surface area contributed by atoms with E-state index >= 15 is 0 Å². The molecule has 1 amide bonds. The van der Waals surface area contributed by atoms with E-state index in [4.69, 9.17) is 14.2 Å². The number of benzene rings is 2. The number of nitrogens with zero attached hydrogens (tertiary/aromatic N) is 1. The molecule has 2 aliphatic heterocycles. The van der Waals surface area contributed by atoms with Crippen molar-refractivity contribution in [3.8, 4) is 22.6 Å². The molecule has 7 nitrogen and oxygen atoms in total. The molecule has 0 spiro atoms. The predicted octanol–water partition coefficient (Wildman–Crippen LogP) is 1.96. The number of fused-ring (bicyclic) bond motifs is 1. The zero-order valence-corrected chi connectivity index (χ0v) is 15.6. The van der Waals surface area contributed by atoms with Crippen LogP contribution in [0.15, 0.2) is 41.3 Å². The summed E-state index contributed by atoms with van der Waals surface area (Å²) in [5, 5.41) is 0. The van der Waals surface area contributed by atoms with Crippen LogP contribution in [0.3, 0.4) is 0 Å². The lowest BCUT2D eigenvalue weighted by molar-refractivity contribution is 0.0303. The Labute approximate surface area is 157 Å². The molecule has 2 aromatic carbocycles. The summed E-state index contributed by atoms with van der Waals surface area (Å²) in [4.78, 5) is 15.1. The Kier molecular flexibility index (Phi) is 4.53. The maximum absolute atomic E-state index is 13.1. The maximum atomic E-state index is 13.1. The van der Waals surface area contributed by atoms with Crippen LogP contribution in [0.2, 0.25) is 0 Å². The van der Waals surface area contributed by atoms with Crippen molar-refractivity contribution >= 4 is 15.7 Å². The Balaban J connectivity index is 1.78. The Morgan fingerprint density at radius 3 is 2.26 bits per heavy atom. The number of ether oxygens (including phenoxy) is 3. The molecule has 27 heavy (non-hydrogen) atoms. The Hall–Kier alpha value is -2.58. The van der Waals surface area contributed by atoms with Crippen molar-refractivity contribution in [3.63, 3.8) is 0 Å². The van der Waals surface area contributed by atoms with Gasteiger partial charge in [0, 0.05) is 19.3 Å². The fourth-order valence-corrected chi connectivity index (χ4v) is 3.81. The molecule has 0 aliphatic carbocycles. The summed E-state index contributed by atoms with van der Waals surface area (Å²) in [6, 6.07) is 9.94. The SMILES string of the molecule is CS(=O)(=O)c1ccc(-c2cc3c(cc2C(=O)N2CCOCC2)OCO3)cc1. The zero-order valence-electron chi connectivity index (χ0n) is 14.8. The van der Waals surface area contributed by atoms with Gasteiger partial charge in [-0.05, 0) is 35.4 Å². The first-order valence-electron chi connectivity index (χ1n) is 8.54. The third kappa shape index (κ3) is 3.50. The van der Waals surface area contributed by atoms with Gasteiger partial charge in [-0.3, -0.25) is 4.79 Å². The van der Waals surface area contributed by atoms with E-state index in [2.05, 4.69) is 0 Å². The molecule has 4 rings (SSSR count). The van der Waals surface area contributed by atoms with Gasteiger partial charge in [0.05, 0.1) is 23.7 Å².